The van der Waals surface area contributed by atoms with Gasteiger partial charge in [0.1, 0.15) is 0 Å². The van der Waals surface area contributed by atoms with Gasteiger partial charge in [-0.3, -0.25) is 20.2 Å². The Morgan fingerprint density at radius 3 is 2.19 bits per heavy atom. The molecule has 0 fully saturated rings. The van der Waals surface area contributed by atoms with Gasteiger partial charge in [-0.1, -0.05) is 0 Å². The van der Waals surface area contributed by atoms with Gasteiger partial charge in [-0.25, -0.2) is 4.79 Å². The Morgan fingerprint density at radius 2 is 1.81 bits per heavy atom. The molecule has 0 amide bonds. The van der Waals surface area contributed by atoms with E-state index < -0.39 is 32.8 Å². The number of hydrogen-bond acceptors (Lipinski definition) is 5. The summed E-state index contributed by atoms with van der Waals surface area (Å²) in [6.07, 6.45) is 0. The standard InChI is InChI=1S/C8H5N2O6/c1-4-2-3-5(9(13)14)6(8(11)12)7(4)10(15)16/h2-3H,1H2,(H,11,12). The van der Waals surface area contributed by atoms with Gasteiger partial charge >= 0.3 is 5.97 Å². The van der Waals surface area contributed by atoms with Crippen molar-refractivity contribution in [2.45, 2.75) is 0 Å². The lowest BCUT2D eigenvalue weighted by atomic mass is 10.1. The maximum absolute atomic E-state index is 10.8. The van der Waals surface area contributed by atoms with Crippen LogP contribution in [0.4, 0.5) is 11.4 Å². The van der Waals surface area contributed by atoms with Gasteiger partial charge in [0, 0.05) is 11.6 Å². The molecular formula is C8H5N2O6. The van der Waals surface area contributed by atoms with Crippen molar-refractivity contribution in [1.82, 2.24) is 0 Å². The molecule has 0 saturated carbocycles. The molecule has 83 valence electrons. The largest absolute Gasteiger partial charge is 0.477 e. The van der Waals surface area contributed by atoms with Crippen molar-refractivity contribution in [2.75, 3.05) is 0 Å². The molecule has 0 aliphatic carbocycles. The van der Waals surface area contributed by atoms with E-state index in [0.29, 0.717) is 0 Å². The molecule has 1 rings (SSSR count). The summed E-state index contributed by atoms with van der Waals surface area (Å²) in [6, 6.07) is 1.90. The highest BCUT2D eigenvalue weighted by atomic mass is 16.6. The number of carboxylic acid groups (broad SMARTS) is 1. The number of benzene rings is 1. The molecule has 1 aromatic rings. The summed E-state index contributed by atoms with van der Waals surface area (Å²) in [5.74, 6) is -1.73. The van der Waals surface area contributed by atoms with E-state index in [1.54, 1.807) is 0 Å². The van der Waals surface area contributed by atoms with Gasteiger partial charge in [0.25, 0.3) is 11.4 Å². The highest BCUT2D eigenvalue weighted by molar-refractivity contribution is 5.97. The van der Waals surface area contributed by atoms with Crippen molar-refractivity contribution in [3.63, 3.8) is 0 Å². The summed E-state index contributed by atoms with van der Waals surface area (Å²) in [6.45, 7) is 3.26. The second-order valence-corrected chi connectivity index (χ2v) is 2.79. The molecule has 1 aromatic carbocycles. The zero-order valence-electron chi connectivity index (χ0n) is 7.74. The van der Waals surface area contributed by atoms with Crippen LogP contribution in [-0.2, 0) is 0 Å². The van der Waals surface area contributed by atoms with E-state index in [1.807, 2.05) is 0 Å². The molecule has 0 heterocycles. The van der Waals surface area contributed by atoms with Crippen LogP contribution in [-0.4, -0.2) is 20.9 Å². The smallest absolute Gasteiger partial charge is 0.349 e. The van der Waals surface area contributed by atoms with Crippen molar-refractivity contribution in [2.24, 2.45) is 0 Å². The first-order valence-corrected chi connectivity index (χ1v) is 3.87. The van der Waals surface area contributed by atoms with Crippen LogP contribution in [0.2, 0.25) is 0 Å². The Kier molecular flexibility index (Phi) is 2.84. The van der Waals surface area contributed by atoms with Crippen molar-refractivity contribution in [1.29, 1.82) is 0 Å². The molecule has 1 N–H and O–H groups in total. The lowest BCUT2D eigenvalue weighted by Gasteiger charge is -2.01. The second kappa shape index (κ2) is 3.93. The number of nitro benzene ring substituents is 2. The predicted molar refractivity (Wildman–Crippen MR) is 51.2 cm³/mol. The molecule has 0 saturated heterocycles. The third-order valence-corrected chi connectivity index (χ3v) is 1.83. The summed E-state index contributed by atoms with van der Waals surface area (Å²) >= 11 is 0. The van der Waals surface area contributed by atoms with Gasteiger partial charge in [-0.15, -0.1) is 0 Å². The van der Waals surface area contributed by atoms with E-state index in [4.69, 9.17) is 5.11 Å². The average molecular weight is 225 g/mol. The number of aromatic carboxylic acids is 1. The molecule has 0 atom stereocenters. The Balaban J connectivity index is 3.70. The first-order chi connectivity index (χ1) is 7.36. The van der Waals surface area contributed by atoms with E-state index in [9.17, 15) is 25.0 Å². The fraction of sp³-hybridized carbons (Fsp3) is 0. The summed E-state index contributed by atoms with van der Waals surface area (Å²) in [5.41, 5.74) is -2.83. The first-order valence-electron chi connectivity index (χ1n) is 3.87. The maximum atomic E-state index is 10.8. The zero-order valence-corrected chi connectivity index (χ0v) is 7.74. The van der Waals surface area contributed by atoms with Gasteiger partial charge in [0.05, 0.1) is 9.85 Å². The normalized spacial score (nSPS) is 9.81. The second-order valence-electron chi connectivity index (χ2n) is 2.79. The van der Waals surface area contributed by atoms with E-state index in [-0.39, 0.29) is 5.56 Å². The fourth-order valence-corrected chi connectivity index (χ4v) is 1.20. The number of carboxylic acids is 1. The summed E-state index contributed by atoms with van der Waals surface area (Å²) in [5, 5.41) is 29.8. The molecule has 0 bridgehead atoms. The predicted octanol–water partition coefficient (Wildman–Crippen LogP) is 1.38. The molecule has 1 radical (unpaired) electrons. The van der Waals surface area contributed by atoms with Crippen LogP contribution in [0.15, 0.2) is 12.1 Å². The third kappa shape index (κ3) is 1.80. The summed E-state index contributed by atoms with van der Waals surface area (Å²) < 4.78 is 0. The molecular weight excluding hydrogens is 220 g/mol. The van der Waals surface area contributed by atoms with E-state index in [0.717, 1.165) is 12.1 Å². The van der Waals surface area contributed by atoms with Gasteiger partial charge < -0.3 is 5.11 Å². The molecule has 0 aliphatic rings. The Morgan fingerprint density at radius 1 is 1.25 bits per heavy atom. The van der Waals surface area contributed by atoms with Gasteiger partial charge in [0.2, 0.25) is 5.56 Å². The van der Waals surface area contributed by atoms with Crippen molar-refractivity contribution in [3.8, 4) is 0 Å². The van der Waals surface area contributed by atoms with Crippen LogP contribution in [0.25, 0.3) is 0 Å². The van der Waals surface area contributed by atoms with Crippen LogP contribution in [0, 0.1) is 27.2 Å². The highest BCUT2D eigenvalue weighted by Gasteiger charge is 2.32. The highest BCUT2D eigenvalue weighted by Crippen LogP contribution is 2.31. The topological polar surface area (TPSA) is 124 Å². The molecule has 8 heteroatoms. The SMILES string of the molecule is [CH2]c1ccc([N+](=O)[O-])c(C(=O)O)c1[N+](=O)[O-]. The maximum Gasteiger partial charge on any atom is 0.349 e. The minimum Gasteiger partial charge on any atom is -0.477 e. The Bertz CT molecular complexity index is 496. The molecule has 8 nitrogen and oxygen atoms in total. The molecule has 0 aromatic heterocycles. The number of hydrogen-bond donors (Lipinski definition) is 1. The molecule has 0 aliphatic heterocycles. The fourth-order valence-electron chi connectivity index (χ4n) is 1.20. The van der Waals surface area contributed by atoms with Crippen LogP contribution in [0.1, 0.15) is 15.9 Å². The van der Waals surface area contributed by atoms with Gasteiger partial charge in [-0.05, 0) is 13.0 Å². The third-order valence-electron chi connectivity index (χ3n) is 1.83. The average Bonchev–Trinajstić information content (AvgIpc) is 2.15. The van der Waals surface area contributed by atoms with Crippen molar-refractivity contribution >= 4 is 17.3 Å². The van der Waals surface area contributed by atoms with Crippen LogP contribution in [0.3, 0.4) is 0 Å². The first kappa shape index (κ1) is 11.6. The molecule has 0 unspecified atom stereocenters. The number of nitrogens with zero attached hydrogens (tertiary/aromatic N) is 2. The van der Waals surface area contributed by atoms with Crippen LogP contribution in [0.5, 0.6) is 0 Å². The number of carbonyl (C=O) groups is 1. The lowest BCUT2D eigenvalue weighted by Crippen LogP contribution is -2.08. The van der Waals surface area contributed by atoms with Crippen molar-refractivity contribution < 1.29 is 19.7 Å². The summed E-state index contributed by atoms with van der Waals surface area (Å²) in [7, 11) is 0. The Hall–Kier alpha value is -2.51. The zero-order chi connectivity index (χ0) is 12.5. The number of nitro groups is 2. The summed E-state index contributed by atoms with van der Waals surface area (Å²) in [4.78, 5) is 29.9. The lowest BCUT2D eigenvalue weighted by molar-refractivity contribution is -0.394. The monoisotopic (exact) mass is 225 g/mol. The van der Waals surface area contributed by atoms with E-state index in [2.05, 4.69) is 6.92 Å². The van der Waals surface area contributed by atoms with Crippen LogP contribution < -0.4 is 0 Å². The number of rotatable bonds is 3. The van der Waals surface area contributed by atoms with Crippen LogP contribution >= 0.6 is 0 Å². The van der Waals surface area contributed by atoms with Crippen molar-refractivity contribution in [3.05, 3.63) is 50.4 Å². The van der Waals surface area contributed by atoms with E-state index >= 15 is 0 Å². The van der Waals surface area contributed by atoms with Gasteiger partial charge in [-0.2, -0.15) is 0 Å². The minimum absolute atomic E-state index is 0.187. The molecule has 0 spiro atoms. The quantitative estimate of drug-likeness (QED) is 0.612. The molecule has 16 heavy (non-hydrogen) atoms. The minimum atomic E-state index is -1.73. The van der Waals surface area contributed by atoms with Gasteiger partial charge in [0.15, 0.2) is 0 Å². The Labute approximate surface area is 88.4 Å². The van der Waals surface area contributed by atoms with E-state index in [1.165, 1.54) is 0 Å².